The second kappa shape index (κ2) is 7.88. The Morgan fingerprint density at radius 1 is 1.04 bits per heavy atom. The lowest BCUT2D eigenvalue weighted by molar-refractivity contribution is 0.100. The molecule has 2 aromatic carbocycles. The number of benzene rings is 2. The average molecular weight is 324 g/mol. The molecule has 0 aliphatic rings. The molecule has 3 nitrogen and oxygen atoms in total. The van der Waals surface area contributed by atoms with Gasteiger partial charge in [-0.25, -0.2) is 0 Å². The Labute approximate surface area is 141 Å². The number of rotatable bonds is 6. The zero-order chi connectivity index (χ0) is 16.8. The van der Waals surface area contributed by atoms with Gasteiger partial charge in [-0.15, -0.1) is 0 Å². The van der Waals surface area contributed by atoms with Crippen LogP contribution in [0.25, 0.3) is 0 Å². The summed E-state index contributed by atoms with van der Waals surface area (Å²) >= 11 is 1.17. The maximum absolute atomic E-state index is 13.0. The number of ketones is 1. The van der Waals surface area contributed by atoms with Crippen molar-refractivity contribution in [3.8, 4) is 0 Å². The van der Waals surface area contributed by atoms with Crippen molar-refractivity contribution >= 4 is 28.3 Å². The molecule has 0 amide bonds. The highest BCUT2D eigenvalue weighted by Crippen LogP contribution is 2.24. The first-order valence-corrected chi connectivity index (χ1v) is 8.40. The minimum atomic E-state index is -0.689. The molecule has 1 unspecified atom stereocenters. The van der Waals surface area contributed by atoms with E-state index >= 15 is 0 Å². The molecule has 4 heteroatoms. The smallest absolute Gasteiger partial charge is 0.182 e. The molecule has 2 N–H and O–H groups in total. The summed E-state index contributed by atoms with van der Waals surface area (Å²) in [7, 11) is 0. The molecule has 0 spiro atoms. The number of carbonyl (C=O) groups is 1. The number of aryl methyl sites for hydroxylation is 1. The van der Waals surface area contributed by atoms with Crippen molar-refractivity contribution in [1.29, 1.82) is 10.8 Å². The highest BCUT2D eigenvalue weighted by atomic mass is 32.2. The molecule has 0 saturated heterocycles. The largest absolute Gasteiger partial charge is 0.303 e. The molecule has 1 atom stereocenters. The standard InChI is InChI=1S/C19H20N2OS/c1-3-16(20)23-19(17(21)14-10-5-4-6-11-14)18(22)15-12-8-7-9-13(15)2/h4-12,19-21H,3H2,1-2H3. The molecular formula is C19H20N2OS. The molecule has 0 fully saturated rings. The van der Waals surface area contributed by atoms with E-state index in [1.165, 1.54) is 11.8 Å². The van der Waals surface area contributed by atoms with Crippen LogP contribution in [0, 0.1) is 17.7 Å². The van der Waals surface area contributed by atoms with E-state index in [-0.39, 0.29) is 11.5 Å². The van der Waals surface area contributed by atoms with Gasteiger partial charge in [0, 0.05) is 5.56 Å². The van der Waals surface area contributed by atoms with Crippen LogP contribution in [0.3, 0.4) is 0 Å². The first-order chi connectivity index (χ1) is 11.0. The zero-order valence-corrected chi connectivity index (χ0v) is 14.1. The molecule has 0 aliphatic heterocycles. The third-order valence-electron chi connectivity index (χ3n) is 3.58. The van der Waals surface area contributed by atoms with E-state index in [4.69, 9.17) is 10.8 Å². The van der Waals surface area contributed by atoms with Gasteiger partial charge in [-0.2, -0.15) is 0 Å². The fourth-order valence-corrected chi connectivity index (χ4v) is 3.17. The summed E-state index contributed by atoms with van der Waals surface area (Å²) in [5.74, 6) is -0.111. The van der Waals surface area contributed by atoms with Gasteiger partial charge >= 0.3 is 0 Å². The highest BCUT2D eigenvalue weighted by molar-refractivity contribution is 8.15. The van der Waals surface area contributed by atoms with E-state index in [9.17, 15) is 4.79 Å². The topological polar surface area (TPSA) is 64.8 Å². The number of thioether (sulfide) groups is 1. The van der Waals surface area contributed by atoms with Crippen LogP contribution in [0.15, 0.2) is 54.6 Å². The number of Topliss-reactive ketones (excluding diaryl/α,β-unsaturated/α-hetero) is 1. The lowest BCUT2D eigenvalue weighted by atomic mass is 9.97. The van der Waals surface area contributed by atoms with Gasteiger partial charge in [0.25, 0.3) is 0 Å². The SMILES string of the molecule is CCC(=N)SC(C(=N)c1ccccc1)C(=O)c1ccccc1C. The average Bonchev–Trinajstić information content (AvgIpc) is 2.59. The third kappa shape index (κ3) is 4.17. The molecule has 2 aromatic rings. The molecule has 0 saturated carbocycles. The summed E-state index contributed by atoms with van der Waals surface area (Å²) in [6, 6.07) is 16.7. The summed E-state index contributed by atoms with van der Waals surface area (Å²) in [5.41, 5.74) is 2.49. The molecule has 118 valence electrons. The van der Waals surface area contributed by atoms with Gasteiger partial charge in [0.05, 0.1) is 10.8 Å². The number of hydrogen-bond donors (Lipinski definition) is 2. The van der Waals surface area contributed by atoms with Crippen molar-refractivity contribution in [1.82, 2.24) is 0 Å². The number of carbonyl (C=O) groups excluding carboxylic acids is 1. The van der Waals surface area contributed by atoms with E-state index in [1.807, 2.05) is 62.4 Å². The van der Waals surface area contributed by atoms with Gasteiger partial charge in [0.1, 0.15) is 5.25 Å². The lowest BCUT2D eigenvalue weighted by Crippen LogP contribution is -2.29. The van der Waals surface area contributed by atoms with Crippen LogP contribution in [0.4, 0.5) is 0 Å². The minimum absolute atomic E-state index is 0.111. The van der Waals surface area contributed by atoms with Crippen LogP contribution in [0.2, 0.25) is 0 Å². The van der Waals surface area contributed by atoms with E-state index in [0.717, 1.165) is 11.1 Å². The Hall–Kier alpha value is -2.20. The predicted octanol–water partition coefficient (Wildman–Crippen LogP) is 4.73. The van der Waals surface area contributed by atoms with Crippen molar-refractivity contribution in [2.24, 2.45) is 0 Å². The van der Waals surface area contributed by atoms with Crippen LogP contribution < -0.4 is 0 Å². The molecule has 0 radical (unpaired) electrons. The van der Waals surface area contributed by atoms with Crippen molar-refractivity contribution in [2.75, 3.05) is 0 Å². The normalized spacial score (nSPS) is 11.7. The molecule has 0 heterocycles. The van der Waals surface area contributed by atoms with Gasteiger partial charge in [0.2, 0.25) is 0 Å². The first-order valence-electron chi connectivity index (χ1n) is 7.52. The van der Waals surface area contributed by atoms with Crippen molar-refractivity contribution in [3.63, 3.8) is 0 Å². The van der Waals surface area contributed by atoms with Crippen molar-refractivity contribution < 1.29 is 4.79 Å². The van der Waals surface area contributed by atoms with Gasteiger partial charge < -0.3 is 5.41 Å². The van der Waals surface area contributed by atoms with E-state index < -0.39 is 5.25 Å². The number of nitrogens with one attached hydrogen (secondary N) is 2. The zero-order valence-electron chi connectivity index (χ0n) is 13.3. The highest BCUT2D eigenvalue weighted by Gasteiger charge is 2.28. The Bertz CT molecular complexity index is 725. The summed E-state index contributed by atoms with van der Waals surface area (Å²) in [6.45, 7) is 3.78. The molecular weight excluding hydrogens is 304 g/mol. The van der Waals surface area contributed by atoms with Crippen LogP contribution in [-0.2, 0) is 0 Å². The summed E-state index contributed by atoms with van der Waals surface area (Å²) in [6.07, 6.45) is 0.560. The van der Waals surface area contributed by atoms with Crippen LogP contribution in [0.1, 0.15) is 34.8 Å². The Morgan fingerprint density at radius 3 is 2.26 bits per heavy atom. The van der Waals surface area contributed by atoms with E-state index in [2.05, 4.69) is 0 Å². The summed E-state index contributed by atoms with van der Waals surface area (Å²) in [5, 5.41) is 16.1. The van der Waals surface area contributed by atoms with Gasteiger partial charge in [-0.1, -0.05) is 73.3 Å². The predicted molar refractivity (Wildman–Crippen MR) is 98.2 cm³/mol. The third-order valence-corrected chi connectivity index (χ3v) is 4.84. The quantitative estimate of drug-likeness (QED) is 0.458. The first kappa shape index (κ1) is 17.2. The Kier molecular flexibility index (Phi) is 5.88. The molecule has 23 heavy (non-hydrogen) atoms. The molecule has 0 aliphatic carbocycles. The fourth-order valence-electron chi connectivity index (χ4n) is 2.23. The fraction of sp³-hybridized carbons (Fsp3) is 0.211. The van der Waals surface area contributed by atoms with E-state index in [0.29, 0.717) is 17.0 Å². The second-order valence-corrected chi connectivity index (χ2v) is 6.43. The maximum atomic E-state index is 13.0. The number of hydrogen-bond acceptors (Lipinski definition) is 4. The van der Waals surface area contributed by atoms with Gasteiger partial charge in [0.15, 0.2) is 5.78 Å². The Morgan fingerprint density at radius 2 is 1.65 bits per heavy atom. The summed E-state index contributed by atoms with van der Waals surface area (Å²) in [4.78, 5) is 13.0. The molecule has 0 aromatic heterocycles. The lowest BCUT2D eigenvalue weighted by Gasteiger charge is -2.18. The Balaban J connectivity index is 2.38. The summed E-state index contributed by atoms with van der Waals surface area (Å²) < 4.78 is 0. The van der Waals surface area contributed by atoms with Crippen LogP contribution >= 0.6 is 11.8 Å². The van der Waals surface area contributed by atoms with Crippen molar-refractivity contribution in [3.05, 3.63) is 71.3 Å². The molecule has 0 bridgehead atoms. The van der Waals surface area contributed by atoms with Crippen LogP contribution in [-0.4, -0.2) is 21.8 Å². The monoisotopic (exact) mass is 324 g/mol. The van der Waals surface area contributed by atoms with Crippen molar-refractivity contribution in [2.45, 2.75) is 25.5 Å². The molecule has 2 rings (SSSR count). The van der Waals surface area contributed by atoms with Gasteiger partial charge in [-0.3, -0.25) is 10.2 Å². The van der Waals surface area contributed by atoms with E-state index in [1.54, 1.807) is 6.07 Å². The minimum Gasteiger partial charge on any atom is -0.303 e. The second-order valence-electron chi connectivity index (χ2n) is 5.23. The van der Waals surface area contributed by atoms with Crippen LogP contribution in [0.5, 0.6) is 0 Å². The van der Waals surface area contributed by atoms with Gasteiger partial charge in [-0.05, 0) is 24.5 Å². The maximum Gasteiger partial charge on any atom is 0.182 e.